The summed E-state index contributed by atoms with van der Waals surface area (Å²) in [6.07, 6.45) is 1.61. The molecule has 1 fully saturated rings. The Morgan fingerprint density at radius 2 is 2.00 bits per heavy atom. The van der Waals surface area contributed by atoms with Crippen LogP contribution in [0.15, 0.2) is 18.2 Å². The molecule has 17 heavy (non-hydrogen) atoms. The minimum atomic E-state index is -0.629. The normalized spacial score (nSPS) is 19.5. The van der Waals surface area contributed by atoms with Gasteiger partial charge in [-0.2, -0.15) is 0 Å². The van der Waals surface area contributed by atoms with Crippen molar-refractivity contribution in [2.24, 2.45) is 5.92 Å². The Balaban J connectivity index is 1.92. The summed E-state index contributed by atoms with van der Waals surface area (Å²) in [6, 6.07) is 3.25. The molecule has 1 heterocycles. The van der Waals surface area contributed by atoms with E-state index in [9.17, 15) is 13.6 Å². The number of carbonyl (C=O) groups is 1. The third-order valence-electron chi connectivity index (χ3n) is 3.00. The van der Waals surface area contributed by atoms with E-state index in [1.807, 2.05) is 0 Å². The molecule has 0 aromatic heterocycles. The first kappa shape index (κ1) is 12.2. The van der Waals surface area contributed by atoms with Gasteiger partial charge in [-0.15, -0.1) is 0 Å². The van der Waals surface area contributed by atoms with Crippen LogP contribution in [0.3, 0.4) is 0 Å². The van der Waals surface area contributed by atoms with Gasteiger partial charge in [0.2, 0.25) is 0 Å². The quantitative estimate of drug-likeness (QED) is 0.871. The van der Waals surface area contributed by atoms with E-state index >= 15 is 0 Å². The highest BCUT2D eigenvalue weighted by atomic mass is 19.1. The third kappa shape index (κ3) is 3.60. The van der Waals surface area contributed by atoms with Crippen molar-refractivity contribution in [2.45, 2.75) is 19.3 Å². The van der Waals surface area contributed by atoms with Crippen molar-refractivity contribution in [3.8, 4) is 0 Å². The summed E-state index contributed by atoms with van der Waals surface area (Å²) < 4.78 is 25.8. The fourth-order valence-corrected chi connectivity index (χ4v) is 2.22. The minimum Gasteiger partial charge on any atom is -0.316 e. The molecule has 1 unspecified atom stereocenters. The zero-order valence-electron chi connectivity index (χ0n) is 9.51. The van der Waals surface area contributed by atoms with Crippen LogP contribution in [0.1, 0.15) is 18.4 Å². The van der Waals surface area contributed by atoms with Gasteiger partial charge in [-0.1, -0.05) is 0 Å². The lowest BCUT2D eigenvalue weighted by Crippen LogP contribution is -2.14. The van der Waals surface area contributed by atoms with Crippen molar-refractivity contribution in [3.05, 3.63) is 35.4 Å². The molecule has 0 bridgehead atoms. The summed E-state index contributed by atoms with van der Waals surface area (Å²) in [7, 11) is 0. The molecule has 0 spiro atoms. The number of benzene rings is 1. The van der Waals surface area contributed by atoms with Crippen LogP contribution in [0.25, 0.3) is 0 Å². The number of nitrogens with one attached hydrogen (secondary N) is 1. The maximum Gasteiger partial charge on any atom is 0.137 e. The van der Waals surface area contributed by atoms with Crippen LogP contribution in [-0.2, 0) is 11.2 Å². The highest BCUT2D eigenvalue weighted by molar-refractivity contribution is 5.81. The molecule has 1 aliphatic heterocycles. The van der Waals surface area contributed by atoms with E-state index in [1.54, 1.807) is 0 Å². The monoisotopic (exact) mass is 239 g/mol. The van der Waals surface area contributed by atoms with Gasteiger partial charge in [-0.3, -0.25) is 4.79 Å². The Morgan fingerprint density at radius 1 is 1.29 bits per heavy atom. The Labute approximate surface area is 99.0 Å². The fourth-order valence-electron chi connectivity index (χ4n) is 2.22. The highest BCUT2D eigenvalue weighted by Gasteiger charge is 2.18. The molecule has 0 aliphatic carbocycles. The van der Waals surface area contributed by atoms with E-state index in [2.05, 4.69) is 5.32 Å². The van der Waals surface area contributed by atoms with Crippen molar-refractivity contribution in [1.29, 1.82) is 0 Å². The minimum absolute atomic E-state index is 0.0451. The molecule has 1 aliphatic rings. The van der Waals surface area contributed by atoms with E-state index in [0.29, 0.717) is 17.9 Å². The summed E-state index contributed by atoms with van der Waals surface area (Å²) >= 11 is 0. The molecule has 1 N–H and O–H groups in total. The molecule has 2 nitrogen and oxygen atoms in total. The van der Waals surface area contributed by atoms with Crippen LogP contribution < -0.4 is 5.32 Å². The van der Waals surface area contributed by atoms with Crippen LogP contribution in [0.4, 0.5) is 8.78 Å². The average molecular weight is 239 g/mol. The maximum atomic E-state index is 12.9. The fraction of sp³-hybridized carbons (Fsp3) is 0.462. The molecule has 92 valence electrons. The van der Waals surface area contributed by atoms with E-state index in [1.165, 1.54) is 12.1 Å². The SMILES string of the molecule is O=C(Cc1cc(F)cc(F)c1)CC1CCNC1. The largest absolute Gasteiger partial charge is 0.316 e. The predicted octanol–water partition coefficient (Wildman–Crippen LogP) is 2.08. The van der Waals surface area contributed by atoms with Crippen LogP contribution in [0.2, 0.25) is 0 Å². The molecule has 0 amide bonds. The number of hydrogen-bond donors (Lipinski definition) is 1. The highest BCUT2D eigenvalue weighted by Crippen LogP contribution is 2.15. The second-order valence-electron chi connectivity index (χ2n) is 4.56. The second kappa shape index (κ2) is 5.36. The lowest BCUT2D eigenvalue weighted by atomic mass is 9.98. The lowest BCUT2D eigenvalue weighted by Gasteiger charge is -2.07. The summed E-state index contributed by atoms with van der Waals surface area (Å²) in [5, 5.41) is 3.19. The molecule has 1 atom stereocenters. The van der Waals surface area contributed by atoms with Gasteiger partial charge in [0.25, 0.3) is 0 Å². The molecule has 0 saturated carbocycles. The van der Waals surface area contributed by atoms with Gasteiger partial charge in [0.15, 0.2) is 0 Å². The zero-order chi connectivity index (χ0) is 12.3. The Morgan fingerprint density at radius 3 is 2.59 bits per heavy atom. The number of ketones is 1. The number of Topliss-reactive ketones (excluding diaryl/α,β-unsaturated/α-hetero) is 1. The zero-order valence-corrected chi connectivity index (χ0v) is 9.51. The molecular weight excluding hydrogens is 224 g/mol. The van der Waals surface area contributed by atoms with Crippen molar-refractivity contribution >= 4 is 5.78 Å². The first-order valence-electron chi connectivity index (χ1n) is 5.81. The molecule has 2 rings (SSSR count). The van der Waals surface area contributed by atoms with E-state index < -0.39 is 11.6 Å². The van der Waals surface area contributed by atoms with Crippen molar-refractivity contribution < 1.29 is 13.6 Å². The standard InChI is InChI=1S/C13H15F2NO/c14-11-3-10(4-12(15)7-11)6-13(17)5-9-1-2-16-8-9/h3-4,7,9,16H,1-2,5-6,8H2. The predicted molar refractivity (Wildman–Crippen MR) is 60.7 cm³/mol. The smallest absolute Gasteiger partial charge is 0.137 e. The topological polar surface area (TPSA) is 29.1 Å². The summed E-state index contributed by atoms with van der Waals surface area (Å²) in [4.78, 5) is 11.7. The van der Waals surface area contributed by atoms with Gasteiger partial charge in [-0.25, -0.2) is 8.78 Å². The molecule has 1 saturated heterocycles. The van der Waals surface area contributed by atoms with E-state index in [0.717, 1.165) is 25.6 Å². The van der Waals surface area contributed by atoms with Crippen molar-refractivity contribution in [3.63, 3.8) is 0 Å². The number of hydrogen-bond acceptors (Lipinski definition) is 2. The van der Waals surface area contributed by atoms with E-state index in [4.69, 9.17) is 0 Å². The second-order valence-corrected chi connectivity index (χ2v) is 4.56. The number of halogens is 2. The van der Waals surface area contributed by atoms with Gasteiger partial charge in [0.1, 0.15) is 17.4 Å². The summed E-state index contributed by atoms with van der Waals surface area (Å²) in [6.45, 7) is 1.82. The van der Waals surface area contributed by atoms with Gasteiger partial charge in [0, 0.05) is 18.9 Å². The first-order chi connectivity index (χ1) is 8.13. The summed E-state index contributed by atoms with van der Waals surface area (Å²) in [5.74, 6) is -0.838. The lowest BCUT2D eigenvalue weighted by molar-refractivity contribution is -0.119. The van der Waals surface area contributed by atoms with Gasteiger partial charge < -0.3 is 5.32 Å². The Kier molecular flexibility index (Phi) is 3.84. The van der Waals surface area contributed by atoms with Crippen LogP contribution in [-0.4, -0.2) is 18.9 Å². The Bertz CT molecular complexity index is 394. The summed E-state index contributed by atoms with van der Waals surface area (Å²) in [5.41, 5.74) is 0.415. The Hall–Kier alpha value is -1.29. The van der Waals surface area contributed by atoms with Crippen molar-refractivity contribution in [2.75, 3.05) is 13.1 Å². The van der Waals surface area contributed by atoms with Crippen molar-refractivity contribution in [1.82, 2.24) is 5.32 Å². The van der Waals surface area contributed by atoms with Crippen LogP contribution in [0, 0.1) is 17.6 Å². The molecule has 1 aromatic rings. The number of carbonyl (C=O) groups excluding carboxylic acids is 1. The first-order valence-corrected chi connectivity index (χ1v) is 5.81. The van der Waals surface area contributed by atoms with E-state index in [-0.39, 0.29) is 12.2 Å². The van der Waals surface area contributed by atoms with Crippen LogP contribution in [0.5, 0.6) is 0 Å². The molecule has 4 heteroatoms. The molecule has 1 aromatic carbocycles. The van der Waals surface area contributed by atoms with Gasteiger partial charge >= 0.3 is 0 Å². The van der Waals surface area contributed by atoms with Crippen LogP contribution >= 0.6 is 0 Å². The average Bonchev–Trinajstić information content (AvgIpc) is 2.67. The van der Waals surface area contributed by atoms with Gasteiger partial charge in [-0.05, 0) is 43.1 Å². The maximum absolute atomic E-state index is 12.9. The molecular formula is C13H15F2NO. The number of rotatable bonds is 4. The third-order valence-corrected chi connectivity index (χ3v) is 3.00. The molecule has 0 radical (unpaired) electrons. The van der Waals surface area contributed by atoms with Gasteiger partial charge in [0.05, 0.1) is 0 Å².